The fraction of sp³-hybridized carbons (Fsp3) is 0.0741. The van der Waals surface area contributed by atoms with Gasteiger partial charge in [0.05, 0.1) is 29.2 Å². The Balaban J connectivity index is 1.52. The number of aromatic amines is 1. The Bertz CT molecular complexity index is 1570. The van der Waals surface area contributed by atoms with Crippen LogP contribution in [0, 0.1) is 0 Å². The molecule has 36 heavy (non-hydrogen) atoms. The van der Waals surface area contributed by atoms with E-state index in [0.717, 1.165) is 16.8 Å². The molecule has 1 N–H and O–H groups in total. The number of esters is 1. The van der Waals surface area contributed by atoms with Crippen LogP contribution in [-0.2, 0) is 4.74 Å². The van der Waals surface area contributed by atoms with Crippen LogP contribution in [0.1, 0.15) is 17.3 Å². The van der Waals surface area contributed by atoms with Crippen molar-refractivity contribution in [3.05, 3.63) is 106 Å². The van der Waals surface area contributed by atoms with Crippen LogP contribution in [0.2, 0.25) is 0 Å². The topological polar surface area (TPSA) is 102 Å². The van der Waals surface area contributed by atoms with Crippen LogP contribution in [-0.4, -0.2) is 27.3 Å². The van der Waals surface area contributed by atoms with Gasteiger partial charge in [-0.3, -0.25) is 9.89 Å². The van der Waals surface area contributed by atoms with Crippen LogP contribution >= 0.6 is 11.3 Å². The minimum absolute atomic E-state index is 0.159. The molecule has 2 heterocycles. The fourth-order valence-corrected chi connectivity index (χ4v) is 4.35. The summed E-state index contributed by atoms with van der Waals surface area (Å²) in [4.78, 5) is 30.0. The quantitative estimate of drug-likeness (QED) is 0.204. The van der Waals surface area contributed by atoms with E-state index in [1.54, 1.807) is 31.2 Å². The Morgan fingerprint density at radius 2 is 1.61 bits per heavy atom. The Labute approximate surface area is 210 Å². The molecule has 0 bridgehead atoms. The molecular weight excluding hydrogens is 474 g/mol. The summed E-state index contributed by atoms with van der Waals surface area (Å²) in [6, 6.07) is 25.7. The van der Waals surface area contributed by atoms with Crippen molar-refractivity contribution in [2.75, 3.05) is 6.61 Å². The number of aromatic nitrogens is 3. The van der Waals surface area contributed by atoms with Crippen LogP contribution in [0.4, 0.5) is 11.4 Å². The molecule has 5 rings (SSSR count). The molecule has 0 amide bonds. The first-order chi connectivity index (χ1) is 17.6. The van der Waals surface area contributed by atoms with Crippen molar-refractivity contribution in [3.63, 3.8) is 0 Å². The predicted molar refractivity (Wildman–Crippen MR) is 140 cm³/mol. The van der Waals surface area contributed by atoms with E-state index in [1.165, 1.54) is 16.0 Å². The van der Waals surface area contributed by atoms with Crippen molar-refractivity contribution in [2.24, 2.45) is 10.2 Å². The van der Waals surface area contributed by atoms with E-state index < -0.39 is 5.97 Å². The van der Waals surface area contributed by atoms with Crippen LogP contribution in [0.15, 0.2) is 105 Å². The number of nitrogens with one attached hydrogen (secondary N) is 1. The number of hydrogen-bond acceptors (Lipinski definition) is 7. The number of nitrogens with zero attached hydrogens (tertiary/aromatic N) is 4. The minimum Gasteiger partial charge on any atom is -0.462 e. The van der Waals surface area contributed by atoms with E-state index >= 15 is 0 Å². The van der Waals surface area contributed by atoms with Gasteiger partial charge in [0, 0.05) is 16.5 Å². The summed E-state index contributed by atoms with van der Waals surface area (Å²) in [7, 11) is 0. The molecule has 0 aliphatic carbocycles. The lowest BCUT2D eigenvalue weighted by molar-refractivity contribution is 0.0526. The fourth-order valence-electron chi connectivity index (χ4n) is 3.56. The summed E-state index contributed by atoms with van der Waals surface area (Å²) < 4.78 is 6.39. The summed E-state index contributed by atoms with van der Waals surface area (Å²) in [5, 5.41) is 14.1. The zero-order valence-electron chi connectivity index (χ0n) is 19.3. The molecule has 8 nitrogen and oxygen atoms in total. The maximum atomic E-state index is 13.4. The van der Waals surface area contributed by atoms with Gasteiger partial charge in [-0.25, -0.2) is 9.78 Å². The van der Waals surface area contributed by atoms with Crippen LogP contribution in [0.3, 0.4) is 0 Å². The number of rotatable bonds is 7. The van der Waals surface area contributed by atoms with Gasteiger partial charge in [0.25, 0.3) is 0 Å². The number of carbonyl (C=O) groups is 1. The van der Waals surface area contributed by atoms with Crippen molar-refractivity contribution in [2.45, 2.75) is 6.92 Å². The molecule has 0 fully saturated rings. The predicted octanol–water partition coefficient (Wildman–Crippen LogP) is 6.55. The van der Waals surface area contributed by atoms with E-state index in [-0.39, 0.29) is 11.2 Å². The van der Waals surface area contributed by atoms with Gasteiger partial charge >= 0.3 is 11.5 Å². The highest BCUT2D eigenvalue weighted by molar-refractivity contribution is 7.12. The molecule has 178 valence electrons. The van der Waals surface area contributed by atoms with Gasteiger partial charge in [0.1, 0.15) is 0 Å². The van der Waals surface area contributed by atoms with Gasteiger partial charge in [0.2, 0.25) is 5.13 Å². The van der Waals surface area contributed by atoms with Crippen molar-refractivity contribution < 1.29 is 9.53 Å². The van der Waals surface area contributed by atoms with E-state index in [1.807, 2.05) is 66.0 Å². The van der Waals surface area contributed by atoms with Gasteiger partial charge in [-0.15, -0.1) is 16.5 Å². The summed E-state index contributed by atoms with van der Waals surface area (Å²) >= 11 is 1.36. The normalized spacial score (nSPS) is 11.1. The third kappa shape index (κ3) is 4.77. The Kier molecular flexibility index (Phi) is 6.63. The highest BCUT2D eigenvalue weighted by atomic mass is 32.1. The summed E-state index contributed by atoms with van der Waals surface area (Å²) in [6.07, 6.45) is 0. The standard InChI is InChI=1S/C27H21N5O3S/c1-2-35-26(34)20-13-15-21(16-14-20)29-30-24-23(19-11-7-4-8-12-19)31-32(25(24)33)27-28-22(17-36-27)18-9-5-3-6-10-18/h3-17,31H,2H2,1H3. The van der Waals surface area contributed by atoms with Gasteiger partial charge in [-0.2, -0.15) is 9.80 Å². The smallest absolute Gasteiger partial charge is 0.338 e. The number of hydrogen-bond donors (Lipinski definition) is 1. The van der Waals surface area contributed by atoms with E-state index in [2.05, 4.69) is 20.3 Å². The molecule has 0 saturated heterocycles. The summed E-state index contributed by atoms with van der Waals surface area (Å²) in [5.74, 6) is -0.404. The van der Waals surface area contributed by atoms with Crippen LogP contribution in [0.25, 0.3) is 27.6 Å². The Morgan fingerprint density at radius 1 is 0.944 bits per heavy atom. The van der Waals surface area contributed by atoms with E-state index in [4.69, 9.17) is 4.74 Å². The lowest BCUT2D eigenvalue weighted by Crippen LogP contribution is -2.13. The third-order valence-corrected chi connectivity index (χ3v) is 6.15. The molecule has 9 heteroatoms. The van der Waals surface area contributed by atoms with Gasteiger partial charge < -0.3 is 4.74 Å². The molecule has 0 saturated carbocycles. The number of azo groups is 1. The average molecular weight is 496 g/mol. The van der Waals surface area contributed by atoms with Crippen molar-refractivity contribution in [3.8, 4) is 27.6 Å². The second-order valence-corrected chi connectivity index (χ2v) is 8.53. The monoisotopic (exact) mass is 495 g/mol. The number of carbonyl (C=O) groups excluding carboxylic acids is 1. The first kappa shape index (κ1) is 23.1. The molecule has 0 radical (unpaired) electrons. The zero-order valence-corrected chi connectivity index (χ0v) is 20.1. The molecule has 0 aliphatic heterocycles. The van der Waals surface area contributed by atoms with Crippen molar-refractivity contribution >= 4 is 28.7 Å². The first-order valence-corrected chi connectivity index (χ1v) is 12.1. The highest BCUT2D eigenvalue weighted by Crippen LogP contribution is 2.30. The first-order valence-electron chi connectivity index (χ1n) is 11.2. The van der Waals surface area contributed by atoms with Crippen LogP contribution < -0.4 is 5.56 Å². The summed E-state index contributed by atoms with van der Waals surface area (Å²) in [6.45, 7) is 2.05. The molecule has 3 aromatic carbocycles. The lowest BCUT2D eigenvalue weighted by atomic mass is 10.1. The number of H-pyrrole nitrogens is 1. The molecule has 2 aromatic heterocycles. The largest absolute Gasteiger partial charge is 0.462 e. The van der Waals surface area contributed by atoms with E-state index in [9.17, 15) is 9.59 Å². The average Bonchev–Trinajstić information content (AvgIpc) is 3.54. The maximum absolute atomic E-state index is 13.4. The Morgan fingerprint density at radius 3 is 2.28 bits per heavy atom. The van der Waals surface area contributed by atoms with Crippen molar-refractivity contribution in [1.29, 1.82) is 0 Å². The highest BCUT2D eigenvalue weighted by Gasteiger charge is 2.19. The summed E-state index contributed by atoms with van der Waals surface area (Å²) in [5.41, 5.74) is 3.78. The third-order valence-electron chi connectivity index (χ3n) is 5.33. The van der Waals surface area contributed by atoms with Crippen molar-refractivity contribution in [1.82, 2.24) is 14.8 Å². The molecule has 0 atom stereocenters. The van der Waals surface area contributed by atoms with E-state index in [0.29, 0.717) is 28.7 Å². The molecule has 0 spiro atoms. The molecule has 0 unspecified atom stereocenters. The van der Waals surface area contributed by atoms with Gasteiger partial charge in [0.15, 0.2) is 5.69 Å². The Hall–Kier alpha value is -4.63. The minimum atomic E-state index is -0.404. The number of benzene rings is 3. The second kappa shape index (κ2) is 10.3. The van der Waals surface area contributed by atoms with Crippen LogP contribution in [0.5, 0.6) is 0 Å². The number of ether oxygens (including phenoxy) is 1. The zero-order chi connectivity index (χ0) is 24.9. The SMILES string of the molecule is CCOC(=O)c1ccc(N=Nc2c(-c3ccccc3)[nH]n(-c3nc(-c4ccccc4)cs3)c2=O)cc1. The maximum Gasteiger partial charge on any atom is 0.338 e. The van der Waals surface area contributed by atoms with Gasteiger partial charge in [-0.1, -0.05) is 60.7 Å². The van der Waals surface area contributed by atoms with Gasteiger partial charge in [-0.05, 0) is 31.2 Å². The second-order valence-electron chi connectivity index (χ2n) is 7.69. The number of thiazole rings is 1. The molecular formula is C27H21N5O3S. The molecule has 5 aromatic rings. The lowest BCUT2D eigenvalue weighted by Gasteiger charge is -2.01. The molecule has 0 aliphatic rings.